The minimum Gasteiger partial charge on any atom is -0.372 e. The Labute approximate surface area is 374 Å². The smallest absolute Gasteiger partial charge is 0.372 e. The predicted molar refractivity (Wildman–Crippen MR) is 170 cm³/mol. The van der Waals surface area contributed by atoms with Crippen molar-refractivity contribution < 1.29 is 162 Å². The van der Waals surface area contributed by atoms with Gasteiger partial charge in [-0.2, -0.15) is 105 Å². The van der Waals surface area contributed by atoms with E-state index >= 15 is 0 Å². The number of alkyl halides is 24. The van der Waals surface area contributed by atoms with E-state index < -0.39 is 135 Å². The van der Waals surface area contributed by atoms with Crippen molar-refractivity contribution in [2.75, 3.05) is 39.6 Å². The van der Waals surface area contributed by atoms with Crippen molar-refractivity contribution in [1.29, 1.82) is 0 Å². The maximum atomic E-state index is 14.5. The van der Waals surface area contributed by atoms with Crippen molar-refractivity contribution in [3.63, 3.8) is 0 Å². The second kappa shape index (κ2) is 21.2. The summed E-state index contributed by atoms with van der Waals surface area (Å²) in [5.74, 6) is -32.2. The average molecular weight is 1100 g/mol. The van der Waals surface area contributed by atoms with Crippen molar-refractivity contribution in [3.8, 4) is 0 Å². The van der Waals surface area contributed by atoms with Crippen LogP contribution in [0.15, 0.2) is 24.8 Å². The Morgan fingerprint density at radius 3 is 1.23 bits per heavy atom. The van der Waals surface area contributed by atoms with Crippen molar-refractivity contribution >= 4 is 0 Å². The third-order valence-corrected chi connectivity index (χ3v) is 9.79. The van der Waals surface area contributed by atoms with Crippen LogP contribution in [0.1, 0.15) is 38.5 Å². The lowest BCUT2D eigenvalue weighted by Gasteiger charge is -2.39. The summed E-state index contributed by atoms with van der Waals surface area (Å²) in [6.45, 7) is -2.69. The maximum absolute atomic E-state index is 14.5. The van der Waals surface area contributed by atoms with Crippen LogP contribution in [0.4, 0.5) is 114 Å². The molecule has 0 radical (unpaired) electrons. The molecular weight excluding hydrogens is 1060 g/mol. The van der Waals surface area contributed by atoms with Crippen molar-refractivity contribution in [2.24, 2.45) is 11.8 Å². The van der Waals surface area contributed by atoms with Crippen LogP contribution < -0.4 is 0 Å². The van der Waals surface area contributed by atoms with E-state index in [1.54, 1.807) is 13.2 Å². The van der Waals surface area contributed by atoms with E-state index in [1.165, 1.54) is 0 Å². The summed E-state index contributed by atoms with van der Waals surface area (Å²) < 4.78 is 385. The van der Waals surface area contributed by atoms with Gasteiger partial charge in [-0.3, -0.25) is 18.9 Å². The Morgan fingerprint density at radius 2 is 0.886 bits per heavy atom. The first-order chi connectivity index (χ1) is 31.3. The number of hydrogen-bond donors (Lipinski definition) is 0. The summed E-state index contributed by atoms with van der Waals surface area (Å²) in [7, 11) is 0. The molecule has 10 unspecified atom stereocenters. The highest BCUT2D eigenvalue weighted by Crippen LogP contribution is 2.56. The molecule has 0 aromatic heterocycles. The number of hydrogen-bond acceptors (Lipinski definition) is 10. The largest absolute Gasteiger partial charge is 0.458 e. The minimum absolute atomic E-state index is 0.0316. The average Bonchev–Trinajstić information content (AvgIpc) is 3.91. The van der Waals surface area contributed by atoms with Gasteiger partial charge in [0.05, 0.1) is 32.5 Å². The standard InChI is InChI=1S/C18H19F13O7.C16H15F13O3/c1-9(19)14(21,22)38-15(23,17(27,28)29)18(30,31)37-13(20,16(24,25)26)8-32-6-10(36-12-3-5-34-12)7-35-11-2-4-33-11;1-7(17)12(19,20)32-13(21,15(25,26)27)16(28,29)31-11(18,14(22,23)24)6-30-10-3-2-8-4-9(8)5-10/h10-12H,1-8H2;8-10H,1-6H2. The number of fused-ring (bicyclic) bond motifs is 1. The zero-order valence-electron chi connectivity index (χ0n) is 34.3. The molecule has 10 atom stereocenters. The molecule has 2 saturated carbocycles. The van der Waals surface area contributed by atoms with Crippen LogP contribution in [0.2, 0.25) is 0 Å². The lowest BCUT2D eigenvalue weighted by molar-refractivity contribution is -0.529. The SMILES string of the molecule is C=C(F)C(F)(F)OC(F)(C(F)(F)F)C(F)(F)OC(F)(COC1CCC2CC2C1)C(F)(F)F.C=C(F)C(F)(F)OC(F)(C(F)(F)F)C(F)(F)OC(F)(COCC(COC1CCO1)OC1CCO1)C(F)(F)F. The van der Waals surface area contributed by atoms with Crippen LogP contribution in [0, 0.1) is 11.8 Å². The zero-order valence-corrected chi connectivity index (χ0v) is 34.3. The molecule has 0 bridgehead atoms. The summed E-state index contributed by atoms with van der Waals surface area (Å²) in [6, 6.07) is 0. The first-order valence-corrected chi connectivity index (χ1v) is 19.0. The van der Waals surface area contributed by atoms with Gasteiger partial charge < -0.3 is 28.4 Å². The Hall–Kier alpha value is -2.74. The first kappa shape index (κ1) is 61.6. The zero-order chi connectivity index (χ0) is 54.2. The summed E-state index contributed by atoms with van der Waals surface area (Å²) in [5.41, 5.74) is 0. The van der Waals surface area contributed by atoms with Crippen LogP contribution in [-0.2, 0) is 47.4 Å². The van der Waals surface area contributed by atoms with Crippen LogP contribution in [-0.4, -0.2) is 137 Å². The summed E-state index contributed by atoms with van der Waals surface area (Å²) in [5, 5.41) is 0. The Bertz CT molecular complexity index is 1760. The third kappa shape index (κ3) is 14.5. The van der Waals surface area contributed by atoms with Gasteiger partial charge >= 0.3 is 72.6 Å². The van der Waals surface area contributed by atoms with Gasteiger partial charge in [0.25, 0.3) is 0 Å². The van der Waals surface area contributed by atoms with E-state index in [4.69, 9.17) is 18.9 Å². The van der Waals surface area contributed by atoms with Gasteiger partial charge in [0, 0.05) is 12.8 Å². The fourth-order valence-electron chi connectivity index (χ4n) is 5.63. The molecule has 4 fully saturated rings. The maximum Gasteiger partial charge on any atom is 0.458 e. The van der Waals surface area contributed by atoms with Gasteiger partial charge in [-0.1, -0.05) is 13.2 Å². The van der Waals surface area contributed by atoms with Gasteiger partial charge in [-0.05, 0) is 37.5 Å². The topological polar surface area (TPSA) is 92.3 Å². The second-order valence-corrected chi connectivity index (χ2v) is 15.2. The van der Waals surface area contributed by atoms with E-state index in [-0.39, 0.29) is 31.3 Å². The fourth-order valence-corrected chi connectivity index (χ4v) is 5.63. The highest BCUT2D eigenvalue weighted by Gasteiger charge is 2.82. The molecule has 0 N–H and O–H groups in total. The van der Waals surface area contributed by atoms with Gasteiger partial charge in [-0.25, -0.2) is 8.78 Å². The molecule has 412 valence electrons. The Morgan fingerprint density at radius 1 is 0.471 bits per heavy atom. The third-order valence-electron chi connectivity index (χ3n) is 9.79. The normalized spacial score (nSPS) is 26.6. The van der Waals surface area contributed by atoms with E-state index in [9.17, 15) is 114 Å². The van der Waals surface area contributed by atoms with Crippen molar-refractivity contribution in [1.82, 2.24) is 0 Å². The quantitative estimate of drug-likeness (QED) is 0.0870. The first-order valence-electron chi connectivity index (χ1n) is 19.0. The molecule has 2 aliphatic heterocycles. The van der Waals surface area contributed by atoms with Crippen molar-refractivity contribution in [2.45, 2.75) is 136 Å². The molecule has 2 saturated heterocycles. The molecule has 70 heavy (non-hydrogen) atoms. The monoisotopic (exact) mass is 1100 g/mol. The molecule has 4 aliphatic rings. The van der Waals surface area contributed by atoms with Gasteiger partial charge in [0.2, 0.25) is 0 Å². The Kier molecular flexibility index (Phi) is 18.7. The number of ether oxygens (including phenoxy) is 10. The van der Waals surface area contributed by atoms with Gasteiger partial charge in [0.1, 0.15) is 19.3 Å². The second-order valence-electron chi connectivity index (χ2n) is 15.2. The molecule has 2 heterocycles. The molecule has 0 aromatic rings. The van der Waals surface area contributed by atoms with Gasteiger partial charge in [-0.15, -0.1) is 0 Å². The molecule has 0 aromatic carbocycles. The highest BCUT2D eigenvalue weighted by atomic mass is 19.4. The highest BCUT2D eigenvalue weighted by molar-refractivity contribution is 4.99. The van der Waals surface area contributed by atoms with Crippen LogP contribution in [0.5, 0.6) is 0 Å². The summed E-state index contributed by atoms with van der Waals surface area (Å²) in [4.78, 5) is 0. The summed E-state index contributed by atoms with van der Waals surface area (Å²) >= 11 is 0. The fraction of sp³-hybridized carbons (Fsp3) is 0.882. The lowest BCUT2D eigenvalue weighted by atomic mass is 9.98. The number of halogens is 26. The molecule has 4 rings (SSSR count). The molecule has 0 amide bonds. The van der Waals surface area contributed by atoms with Gasteiger partial charge in [0.15, 0.2) is 24.2 Å². The van der Waals surface area contributed by atoms with E-state index in [0.717, 1.165) is 0 Å². The molecular formula is C34H34F26O10. The van der Waals surface area contributed by atoms with Crippen molar-refractivity contribution in [3.05, 3.63) is 24.8 Å². The van der Waals surface area contributed by atoms with Crippen LogP contribution >= 0.6 is 0 Å². The van der Waals surface area contributed by atoms with E-state index in [2.05, 4.69) is 28.4 Å². The minimum atomic E-state index is -7.33. The molecule has 36 heteroatoms. The molecule has 0 spiro atoms. The van der Waals surface area contributed by atoms with Crippen LogP contribution in [0.3, 0.4) is 0 Å². The van der Waals surface area contributed by atoms with E-state index in [0.29, 0.717) is 32.3 Å². The summed E-state index contributed by atoms with van der Waals surface area (Å²) in [6.07, 6.45) is -56.4. The molecule has 2 aliphatic carbocycles. The van der Waals surface area contributed by atoms with E-state index in [1.807, 2.05) is 0 Å². The predicted octanol–water partition coefficient (Wildman–Crippen LogP) is 11.4. The lowest BCUT2D eigenvalue weighted by Crippen LogP contribution is -2.65. The number of rotatable bonds is 24. The Balaban J connectivity index is 0.000000376. The molecule has 10 nitrogen and oxygen atoms in total. The van der Waals surface area contributed by atoms with Crippen LogP contribution in [0.25, 0.3) is 0 Å².